The van der Waals surface area contributed by atoms with Crippen LogP contribution in [0.4, 0.5) is 0 Å². The van der Waals surface area contributed by atoms with E-state index < -0.39 is 5.97 Å². The molecule has 0 atom stereocenters. The second-order valence-electron chi connectivity index (χ2n) is 6.25. The van der Waals surface area contributed by atoms with E-state index in [1.54, 1.807) is 14.2 Å². The summed E-state index contributed by atoms with van der Waals surface area (Å²) in [5.41, 5.74) is 3.71. The number of rotatable bonds is 5. The second kappa shape index (κ2) is 7.45. The van der Waals surface area contributed by atoms with E-state index in [0.717, 1.165) is 54.4 Å². The lowest BCUT2D eigenvalue weighted by molar-refractivity contribution is 0.0702. The average molecular weight is 361 g/mol. The molecule has 0 saturated heterocycles. The van der Waals surface area contributed by atoms with Crippen LogP contribution in [-0.4, -0.2) is 43.3 Å². The number of aromatic carboxylic acids is 1. The van der Waals surface area contributed by atoms with Crippen LogP contribution in [0.2, 0.25) is 0 Å². The molecule has 6 heteroatoms. The number of ether oxygens (including phenoxy) is 2. The van der Waals surface area contributed by atoms with Crippen LogP contribution in [0.1, 0.15) is 31.2 Å². The molecule has 5 nitrogen and oxygen atoms in total. The summed E-state index contributed by atoms with van der Waals surface area (Å²) in [6, 6.07) is 5.97. The van der Waals surface area contributed by atoms with Gasteiger partial charge in [0.25, 0.3) is 0 Å². The fourth-order valence-electron chi connectivity index (χ4n) is 3.28. The van der Waals surface area contributed by atoms with Gasteiger partial charge >= 0.3 is 5.97 Å². The lowest BCUT2D eigenvalue weighted by Crippen LogP contribution is -2.26. The lowest BCUT2D eigenvalue weighted by atomic mass is 10.0. The van der Waals surface area contributed by atoms with Gasteiger partial charge in [0.15, 0.2) is 11.5 Å². The van der Waals surface area contributed by atoms with Crippen molar-refractivity contribution < 1.29 is 19.4 Å². The van der Waals surface area contributed by atoms with Crippen LogP contribution in [0.3, 0.4) is 0 Å². The first-order chi connectivity index (χ1) is 12.0. The Hall–Kier alpha value is -2.05. The molecular formula is C19H23NO4S. The van der Waals surface area contributed by atoms with E-state index in [1.807, 2.05) is 13.0 Å². The van der Waals surface area contributed by atoms with Crippen LogP contribution in [0.25, 0.3) is 0 Å². The van der Waals surface area contributed by atoms with Crippen molar-refractivity contribution >= 4 is 17.3 Å². The number of hydrogen-bond acceptors (Lipinski definition) is 5. The molecule has 1 aromatic carbocycles. The molecular weight excluding hydrogens is 338 g/mol. The highest BCUT2D eigenvalue weighted by atomic mass is 32.1. The minimum atomic E-state index is -0.846. The van der Waals surface area contributed by atoms with E-state index in [0.29, 0.717) is 4.88 Å². The maximum absolute atomic E-state index is 11.2. The standard InChI is InChI=1S/C19H23NO4S/c1-12-15(10-18(25-12)19(21)22)11-20-6-4-13-8-16(23-2)17(24-3)9-14(13)5-7-20/h8-10H,4-7,11H2,1-3H3,(H,21,22). The average Bonchev–Trinajstić information content (AvgIpc) is 2.85. The van der Waals surface area contributed by atoms with Gasteiger partial charge in [0.05, 0.1) is 14.2 Å². The van der Waals surface area contributed by atoms with Crippen molar-refractivity contribution in [1.29, 1.82) is 0 Å². The van der Waals surface area contributed by atoms with Gasteiger partial charge in [0.2, 0.25) is 0 Å². The third kappa shape index (κ3) is 3.80. The van der Waals surface area contributed by atoms with Crippen LogP contribution >= 0.6 is 11.3 Å². The molecule has 0 amide bonds. The van der Waals surface area contributed by atoms with E-state index in [9.17, 15) is 4.79 Å². The monoisotopic (exact) mass is 361 g/mol. The summed E-state index contributed by atoms with van der Waals surface area (Å²) in [5, 5.41) is 9.16. The molecule has 0 saturated carbocycles. The third-order valence-electron chi connectivity index (χ3n) is 4.73. The van der Waals surface area contributed by atoms with Crippen LogP contribution in [0.15, 0.2) is 18.2 Å². The second-order valence-corrected chi connectivity index (χ2v) is 7.51. The Morgan fingerprint density at radius 3 is 2.12 bits per heavy atom. The lowest BCUT2D eigenvalue weighted by Gasteiger charge is -2.19. The number of nitrogens with zero attached hydrogens (tertiary/aromatic N) is 1. The van der Waals surface area contributed by atoms with Gasteiger partial charge in [-0.3, -0.25) is 4.90 Å². The number of carbonyl (C=O) groups is 1. The summed E-state index contributed by atoms with van der Waals surface area (Å²) in [7, 11) is 3.32. The Morgan fingerprint density at radius 2 is 1.68 bits per heavy atom. The first-order valence-corrected chi connectivity index (χ1v) is 9.12. The fraction of sp³-hybridized carbons (Fsp3) is 0.421. The minimum absolute atomic E-state index is 0.417. The number of methoxy groups -OCH3 is 2. The molecule has 1 aliphatic rings. The molecule has 0 bridgehead atoms. The molecule has 1 aromatic heterocycles. The molecule has 0 radical (unpaired) electrons. The van der Waals surface area contributed by atoms with Crippen LogP contribution < -0.4 is 9.47 Å². The molecule has 3 rings (SSSR count). The third-order valence-corrected chi connectivity index (χ3v) is 5.81. The minimum Gasteiger partial charge on any atom is -0.493 e. The molecule has 25 heavy (non-hydrogen) atoms. The van der Waals surface area contributed by atoms with Crippen molar-refractivity contribution in [2.24, 2.45) is 0 Å². The molecule has 0 unspecified atom stereocenters. The number of hydrogen-bond donors (Lipinski definition) is 1. The van der Waals surface area contributed by atoms with E-state index in [2.05, 4.69) is 17.0 Å². The van der Waals surface area contributed by atoms with E-state index in [4.69, 9.17) is 14.6 Å². The molecule has 1 N–H and O–H groups in total. The van der Waals surface area contributed by atoms with Gasteiger partial charge < -0.3 is 14.6 Å². The highest BCUT2D eigenvalue weighted by Crippen LogP contribution is 2.32. The largest absolute Gasteiger partial charge is 0.493 e. The van der Waals surface area contributed by atoms with Crippen molar-refractivity contribution in [2.75, 3.05) is 27.3 Å². The number of benzene rings is 1. The van der Waals surface area contributed by atoms with Gasteiger partial charge in [-0.05, 0) is 54.7 Å². The zero-order valence-electron chi connectivity index (χ0n) is 14.8. The van der Waals surface area contributed by atoms with Gasteiger partial charge in [-0.15, -0.1) is 11.3 Å². The van der Waals surface area contributed by atoms with Gasteiger partial charge in [0.1, 0.15) is 4.88 Å². The van der Waals surface area contributed by atoms with Gasteiger partial charge in [-0.2, -0.15) is 0 Å². The van der Waals surface area contributed by atoms with Crippen LogP contribution in [0, 0.1) is 6.92 Å². The predicted octanol–water partition coefficient (Wildman–Crippen LogP) is 3.37. The normalized spacial score (nSPS) is 14.7. The number of carboxylic acids is 1. The molecule has 0 spiro atoms. The number of carboxylic acid groups (broad SMARTS) is 1. The Bertz CT molecular complexity index is 749. The Balaban J connectivity index is 1.75. The molecule has 134 valence electrons. The van der Waals surface area contributed by atoms with E-state index in [1.165, 1.54) is 22.5 Å². The van der Waals surface area contributed by atoms with Crippen molar-refractivity contribution in [1.82, 2.24) is 4.90 Å². The maximum atomic E-state index is 11.2. The van der Waals surface area contributed by atoms with Gasteiger partial charge in [0, 0.05) is 24.5 Å². The maximum Gasteiger partial charge on any atom is 0.345 e. The summed E-state index contributed by atoms with van der Waals surface area (Å²) in [6.07, 6.45) is 1.90. The molecule has 0 aliphatic carbocycles. The highest BCUT2D eigenvalue weighted by Gasteiger charge is 2.19. The topological polar surface area (TPSA) is 59.0 Å². The van der Waals surface area contributed by atoms with E-state index >= 15 is 0 Å². The first kappa shape index (κ1) is 17.8. The summed E-state index contributed by atoms with van der Waals surface area (Å²) in [6.45, 7) is 4.67. The number of aryl methyl sites for hydroxylation is 1. The Labute approximate surface area is 151 Å². The molecule has 0 fully saturated rings. The highest BCUT2D eigenvalue weighted by molar-refractivity contribution is 7.14. The Morgan fingerprint density at radius 1 is 1.12 bits per heavy atom. The quantitative estimate of drug-likeness (QED) is 0.885. The smallest absolute Gasteiger partial charge is 0.345 e. The number of thiophene rings is 1. The van der Waals surface area contributed by atoms with Crippen molar-refractivity contribution in [2.45, 2.75) is 26.3 Å². The van der Waals surface area contributed by atoms with Crippen molar-refractivity contribution in [3.8, 4) is 11.5 Å². The zero-order chi connectivity index (χ0) is 18.0. The number of fused-ring (bicyclic) bond motifs is 1. The predicted molar refractivity (Wildman–Crippen MR) is 98.2 cm³/mol. The van der Waals surface area contributed by atoms with Crippen molar-refractivity contribution in [3.05, 3.63) is 44.6 Å². The summed E-state index contributed by atoms with van der Waals surface area (Å²) in [5.74, 6) is 0.700. The summed E-state index contributed by atoms with van der Waals surface area (Å²) >= 11 is 1.35. The Kier molecular flexibility index (Phi) is 5.30. The van der Waals surface area contributed by atoms with E-state index in [-0.39, 0.29) is 0 Å². The fourth-order valence-corrected chi connectivity index (χ4v) is 4.15. The molecule has 1 aliphatic heterocycles. The summed E-state index contributed by atoms with van der Waals surface area (Å²) < 4.78 is 10.8. The van der Waals surface area contributed by atoms with Crippen LogP contribution in [0.5, 0.6) is 11.5 Å². The van der Waals surface area contributed by atoms with Gasteiger partial charge in [-0.1, -0.05) is 0 Å². The molecule has 2 heterocycles. The SMILES string of the molecule is COc1cc2c(cc1OC)CCN(Cc1cc(C(=O)O)sc1C)CC2. The zero-order valence-corrected chi connectivity index (χ0v) is 15.6. The van der Waals surface area contributed by atoms with Crippen molar-refractivity contribution in [3.63, 3.8) is 0 Å². The first-order valence-electron chi connectivity index (χ1n) is 8.30. The summed E-state index contributed by atoms with van der Waals surface area (Å²) in [4.78, 5) is 15.0. The van der Waals surface area contributed by atoms with Crippen LogP contribution in [-0.2, 0) is 19.4 Å². The molecule has 2 aromatic rings. The van der Waals surface area contributed by atoms with Gasteiger partial charge in [-0.25, -0.2) is 4.79 Å².